The van der Waals surface area contributed by atoms with Gasteiger partial charge >= 0.3 is 0 Å². The van der Waals surface area contributed by atoms with Gasteiger partial charge < -0.3 is 14.5 Å². The standard InChI is InChI=1S/C23H15ClFNO4/c24-20-4-2-1-3-17(20)19-12-30-21-11-16(9-10-18(21)23(19)28)29-13-22(27)26-15-7-5-14(25)6-8-15/h1-12H,13H2,(H,26,27). The molecule has 0 spiro atoms. The molecule has 0 saturated carbocycles. The molecule has 0 bridgehead atoms. The van der Waals surface area contributed by atoms with Crippen LogP contribution in [0.25, 0.3) is 22.1 Å². The smallest absolute Gasteiger partial charge is 0.262 e. The molecular weight excluding hydrogens is 409 g/mol. The van der Waals surface area contributed by atoms with Crippen LogP contribution in [-0.4, -0.2) is 12.5 Å². The Kier molecular flexibility index (Phi) is 5.50. The van der Waals surface area contributed by atoms with Gasteiger partial charge in [-0.15, -0.1) is 0 Å². The largest absolute Gasteiger partial charge is 0.484 e. The maximum atomic E-state index is 12.9. The summed E-state index contributed by atoms with van der Waals surface area (Å²) in [5.41, 5.74) is 1.52. The van der Waals surface area contributed by atoms with E-state index in [-0.39, 0.29) is 17.9 Å². The Bertz CT molecular complexity index is 1280. The fraction of sp³-hybridized carbons (Fsp3) is 0.0435. The Balaban J connectivity index is 1.50. The number of anilines is 1. The van der Waals surface area contributed by atoms with Crippen LogP contribution in [0.3, 0.4) is 0 Å². The molecule has 0 atom stereocenters. The van der Waals surface area contributed by atoms with Crippen LogP contribution in [0.15, 0.2) is 82.2 Å². The number of hydrogen-bond donors (Lipinski definition) is 1. The van der Waals surface area contributed by atoms with Crippen molar-refractivity contribution in [2.45, 2.75) is 0 Å². The fourth-order valence-electron chi connectivity index (χ4n) is 2.94. The molecule has 150 valence electrons. The molecule has 0 fully saturated rings. The van der Waals surface area contributed by atoms with Crippen molar-refractivity contribution >= 4 is 34.2 Å². The van der Waals surface area contributed by atoms with E-state index in [0.717, 1.165) is 0 Å². The topological polar surface area (TPSA) is 68.5 Å². The third kappa shape index (κ3) is 4.18. The van der Waals surface area contributed by atoms with E-state index in [4.69, 9.17) is 20.8 Å². The van der Waals surface area contributed by atoms with Crippen LogP contribution in [-0.2, 0) is 4.79 Å². The van der Waals surface area contributed by atoms with Gasteiger partial charge in [-0.1, -0.05) is 29.8 Å². The minimum Gasteiger partial charge on any atom is -0.484 e. The predicted octanol–water partition coefficient (Wildman–Crippen LogP) is 5.27. The lowest BCUT2D eigenvalue weighted by Crippen LogP contribution is -2.20. The number of amides is 1. The van der Waals surface area contributed by atoms with Gasteiger partial charge in [0.2, 0.25) is 5.43 Å². The number of halogens is 2. The molecule has 0 unspecified atom stereocenters. The van der Waals surface area contributed by atoms with Crippen LogP contribution >= 0.6 is 11.6 Å². The Morgan fingerprint density at radius 2 is 1.80 bits per heavy atom. The van der Waals surface area contributed by atoms with Crippen LogP contribution in [0, 0.1) is 5.82 Å². The van der Waals surface area contributed by atoms with Gasteiger partial charge in [-0.3, -0.25) is 9.59 Å². The highest BCUT2D eigenvalue weighted by atomic mass is 35.5. The van der Waals surface area contributed by atoms with Crippen molar-refractivity contribution in [3.63, 3.8) is 0 Å². The summed E-state index contributed by atoms with van der Waals surface area (Å²) < 4.78 is 24.0. The third-order valence-corrected chi connectivity index (χ3v) is 4.74. The van der Waals surface area contributed by atoms with E-state index >= 15 is 0 Å². The number of hydrogen-bond acceptors (Lipinski definition) is 4. The number of benzene rings is 3. The lowest BCUT2D eigenvalue weighted by atomic mass is 10.1. The average molecular weight is 424 g/mol. The normalized spacial score (nSPS) is 10.7. The van der Waals surface area contributed by atoms with Gasteiger partial charge in [0.25, 0.3) is 5.91 Å². The minimum absolute atomic E-state index is 0.218. The highest BCUT2D eigenvalue weighted by Crippen LogP contribution is 2.27. The number of ether oxygens (including phenoxy) is 1. The Morgan fingerprint density at radius 1 is 1.03 bits per heavy atom. The maximum absolute atomic E-state index is 12.9. The SMILES string of the molecule is O=C(COc1ccc2c(=O)c(-c3ccccc3Cl)coc2c1)Nc1ccc(F)cc1. The Hall–Kier alpha value is -3.64. The highest BCUT2D eigenvalue weighted by molar-refractivity contribution is 6.33. The molecule has 5 nitrogen and oxygen atoms in total. The monoisotopic (exact) mass is 423 g/mol. The first-order valence-corrected chi connectivity index (χ1v) is 9.38. The Morgan fingerprint density at radius 3 is 2.57 bits per heavy atom. The zero-order valence-electron chi connectivity index (χ0n) is 15.5. The molecule has 3 aromatic carbocycles. The van der Waals surface area contributed by atoms with Gasteiger partial charge in [-0.05, 0) is 42.5 Å². The molecule has 4 aromatic rings. The first-order chi connectivity index (χ1) is 14.5. The van der Waals surface area contributed by atoms with E-state index in [9.17, 15) is 14.0 Å². The third-order valence-electron chi connectivity index (χ3n) is 4.41. The number of carbonyl (C=O) groups is 1. The molecule has 0 radical (unpaired) electrons. The van der Waals surface area contributed by atoms with Crippen LogP contribution in [0.4, 0.5) is 10.1 Å². The van der Waals surface area contributed by atoms with Gasteiger partial charge in [-0.25, -0.2) is 4.39 Å². The zero-order valence-corrected chi connectivity index (χ0v) is 16.3. The predicted molar refractivity (Wildman–Crippen MR) is 113 cm³/mol. The van der Waals surface area contributed by atoms with Crippen molar-refractivity contribution in [1.82, 2.24) is 0 Å². The van der Waals surface area contributed by atoms with E-state index in [1.54, 1.807) is 36.4 Å². The van der Waals surface area contributed by atoms with Crippen molar-refractivity contribution < 1.29 is 18.3 Å². The molecular formula is C23H15ClFNO4. The summed E-state index contributed by atoms with van der Waals surface area (Å²) in [5, 5.41) is 3.43. The summed E-state index contributed by atoms with van der Waals surface area (Å²) in [6, 6.07) is 17.1. The molecule has 30 heavy (non-hydrogen) atoms. The molecule has 0 saturated heterocycles. The van der Waals surface area contributed by atoms with Gasteiger partial charge in [0.05, 0.1) is 10.9 Å². The second-order valence-electron chi connectivity index (χ2n) is 6.46. The van der Waals surface area contributed by atoms with E-state index in [0.29, 0.717) is 38.6 Å². The molecule has 1 N–H and O–H groups in total. The number of nitrogens with one attached hydrogen (secondary N) is 1. The quantitative estimate of drug-likeness (QED) is 0.474. The second kappa shape index (κ2) is 8.39. The summed E-state index contributed by atoms with van der Waals surface area (Å²) in [5.74, 6) is -0.428. The zero-order chi connectivity index (χ0) is 21.1. The van der Waals surface area contributed by atoms with E-state index < -0.39 is 5.91 Å². The van der Waals surface area contributed by atoms with Crippen LogP contribution in [0.5, 0.6) is 5.75 Å². The summed E-state index contributed by atoms with van der Waals surface area (Å²) in [6.07, 6.45) is 1.36. The molecule has 1 aromatic heterocycles. The highest BCUT2D eigenvalue weighted by Gasteiger charge is 2.13. The summed E-state index contributed by atoms with van der Waals surface area (Å²) in [7, 11) is 0. The summed E-state index contributed by atoms with van der Waals surface area (Å²) >= 11 is 6.19. The molecule has 7 heteroatoms. The van der Waals surface area contributed by atoms with E-state index in [1.807, 2.05) is 0 Å². The number of rotatable bonds is 5. The van der Waals surface area contributed by atoms with Crippen molar-refractivity contribution in [2.24, 2.45) is 0 Å². The lowest BCUT2D eigenvalue weighted by molar-refractivity contribution is -0.118. The number of fused-ring (bicyclic) bond motifs is 1. The summed E-state index contributed by atoms with van der Waals surface area (Å²) in [4.78, 5) is 24.8. The average Bonchev–Trinajstić information content (AvgIpc) is 2.75. The van der Waals surface area contributed by atoms with Crippen molar-refractivity contribution in [1.29, 1.82) is 0 Å². The lowest BCUT2D eigenvalue weighted by Gasteiger charge is -2.09. The first-order valence-electron chi connectivity index (χ1n) is 9.00. The Labute approximate surface area is 175 Å². The molecule has 1 heterocycles. The second-order valence-corrected chi connectivity index (χ2v) is 6.87. The van der Waals surface area contributed by atoms with Gasteiger partial charge in [-0.2, -0.15) is 0 Å². The molecule has 4 rings (SSSR count). The van der Waals surface area contributed by atoms with Gasteiger partial charge in [0.15, 0.2) is 6.61 Å². The van der Waals surface area contributed by atoms with Crippen LogP contribution in [0.1, 0.15) is 0 Å². The molecule has 1 amide bonds. The van der Waals surface area contributed by atoms with Crippen molar-refractivity contribution in [3.8, 4) is 16.9 Å². The van der Waals surface area contributed by atoms with Crippen LogP contribution in [0.2, 0.25) is 5.02 Å². The van der Waals surface area contributed by atoms with Gasteiger partial charge in [0, 0.05) is 22.3 Å². The fourth-order valence-corrected chi connectivity index (χ4v) is 3.18. The first kappa shape index (κ1) is 19.7. The van der Waals surface area contributed by atoms with Crippen molar-refractivity contribution in [3.05, 3.63) is 94.1 Å². The molecule has 0 aliphatic rings. The maximum Gasteiger partial charge on any atom is 0.262 e. The molecule has 0 aliphatic carbocycles. The van der Waals surface area contributed by atoms with Crippen LogP contribution < -0.4 is 15.5 Å². The number of carbonyl (C=O) groups excluding carboxylic acids is 1. The van der Waals surface area contributed by atoms with E-state index in [1.165, 1.54) is 36.6 Å². The molecule has 0 aliphatic heterocycles. The minimum atomic E-state index is -0.405. The van der Waals surface area contributed by atoms with Gasteiger partial charge in [0.1, 0.15) is 23.4 Å². The van der Waals surface area contributed by atoms with Crippen molar-refractivity contribution in [2.75, 3.05) is 11.9 Å². The van der Waals surface area contributed by atoms with E-state index in [2.05, 4.69) is 5.32 Å². The summed E-state index contributed by atoms with van der Waals surface area (Å²) in [6.45, 7) is -0.259.